The van der Waals surface area contributed by atoms with Crippen molar-refractivity contribution in [2.45, 2.75) is 94.6 Å². The van der Waals surface area contributed by atoms with Crippen molar-refractivity contribution in [2.75, 3.05) is 19.3 Å². The Bertz CT molecular complexity index is 984. The molecule has 190 valence electrons. The number of carbonyl (C=O) groups is 1. The van der Waals surface area contributed by atoms with Crippen molar-refractivity contribution in [2.24, 2.45) is 17.3 Å². The maximum absolute atomic E-state index is 13.4. The van der Waals surface area contributed by atoms with Gasteiger partial charge in [-0.15, -0.1) is 0 Å². The lowest BCUT2D eigenvalue weighted by Gasteiger charge is -2.53. The highest BCUT2D eigenvalue weighted by atomic mass is 35.5. The van der Waals surface area contributed by atoms with Crippen LogP contribution in [0.5, 0.6) is 0 Å². The summed E-state index contributed by atoms with van der Waals surface area (Å²) < 4.78 is 13.5. The van der Waals surface area contributed by atoms with E-state index in [1.165, 1.54) is 55.2 Å². The van der Waals surface area contributed by atoms with Crippen LogP contribution in [0.25, 0.3) is 0 Å². The number of pyridine rings is 1. The normalized spacial score (nSPS) is 27.1. The van der Waals surface area contributed by atoms with Crippen LogP contribution >= 0.6 is 11.6 Å². The Morgan fingerprint density at radius 1 is 1.21 bits per heavy atom. The number of hydrogen-bond donors (Lipinski definition) is 1. The molecule has 0 bridgehead atoms. The van der Waals surface area contributed by atoms with Crippen LogP contribution in [0, 0.1) is 17.3 Å². The third kappa shape index (κ3) is 5.17. The predicted molar refractivity (Wildman–Crippen MR) is 135 cm³/mol. The van der Waals surface area contributed by atoms with Crippen molar-refractivity contribution in [1.29, 1.82) is 0 Å². The Balaban J connectivity index is 1.52. The van der Waals surface area contributed by atoms with Crippen molar-refractivity contribution >= 4 is 28.3 Å². The summed E-state index contributed by atoms with van der Waals surface area (Å²) in [5.74, 6) is 0.880. The van der Waals surface area contributed by atoms with Crippen molar-refractivity contribution in [3.05, 3.63) is 27.6 Å². The molecule has 0 aromatic carbocycles. The van der Waals surface area contributed by atoms with Crippen molar-refractivity contribution in [1.82, 2.24) is 9.47 Å². The molecule has 1 N–H and O–H groups in total. The second-order valence-electron chi connectivity index (χ2n) is 11.1. The van der Waals surface area contributed by atoms with E-state index >= 15 is 0 Å². The zero-order chi connectivity index (χ0) is 24.5. The maximum Gasteiger partial charge on any atom is 0.252 e. The van der Waals surface area contributed by atoms with E-state index in [0.717, 1.165) is 32.1 Å². The number of aliphatic hydroxyl groups is 1. The number of halogens is 1. The lowest BCUT2D eigenvalue weighted by atomic mass is 9.65. The third-order valence-electron chi connectivity index (χ3n) is 8.76. The lowest BCUT2D eigenvalue weighted by Crippen LogP contribution is -2.62. The van der Waals surface area contributed by atoms with Crippen LogP contribution in [0.2, 0.25) is 5.02 Å². The summed E-state index contributed by atoms with van der Waals surface area (Å²) >= 11 is 6.13. The van der Waals surface area contributed by atoms with E-state index in [2.05, 4.69) is 6.92 Å². The van der Waals surface area contributed by atoms with Crippen LogP contribution in [0.4, 0.5) is 0 Å². The number of rotatable bonds is 6. The Morgan fingerprint density at radius 2 is 1.88 bits per heavy atom. The van der Waals surface area contributed by atoms with Gasteiger partial charge in [-0.2, -0.15) is 0 Å². The van der Waals surface area contributed by atoms with Gasteiger partial charge in [0, 0.05) is 42.9 Å². The fraction of sp³-hybridized carbons (Fsp3) is 0.769. The zero-order valence-electron chi connectivity index (χ0n) is 20.6. The summed E-state index contributed by atoms with van der Waals surface area (Å²) in [5.41, 5.74) is -1.83. The smallest absolute Gasteiger partial charge is 0.252 e. The van der Waals surface area contributed by atoms with Gasteiger partial charge in [0.1, 0.15) is 0 Å². The molecule has 3 atom stereocenters. The zero-order valence-corrected chi connectivity index (χ0v) is 22.1. The first-order valence-electron chi connectivity index (χ1n) is 12.9. The SMILES string of the molecule is C[C@H](CC1CCCCC1)C(=O)N1CCC(O)(Cn2cc(S(C)=O)c(Cl)cc2=O)C2(CCCC2)C1. The number of aromatic nitrogens is 1. The molecule has 2 aliphatic carbocycles. The van der Waals surface area contributed by atoms with E-state index in [0.29, 0.717) is 30.3 Å². The van der Waals surface area contributed by atoms with Gasteiger partial charge in [0.25, 0.3) is 5.56 Å². The third-order valence-corrected chi connectivity index (χ3v) is 10.1. The molecule has 1 saturated heterocycles. The highest BCUT2D eigenvalue weighted by Crippen LogP contribution is 2.52. The molecule has 1 amide bonds. The standard InChI is InChI=1S/C26H39ClN2O4S/c1-19(14-20-8-4-3-5-9-20)24(31)28-13-12-26(32,25(17-28)10-6-7-11-25)18-29-16-22(34(2)33)21(27)15-23(29)30/h15-16,19-20,32H,3-14,17-18H2,1-2H3/t19-,26?,34?/m1/s1. The molecule has 4 rings (SSSR count). The minimum Gasteiger partial charge on any atom is -0.387 e. The van der Waals surface area contributed by atoms with Gasteiger partial charge < -0.3 is 14.6 Å². The van der Waals surface area contributed by atoms with Crippen molar-refractivity contribution < 1.29 is 14.1 Å². The number of amides is 1. The summed E-state index contributed by atoms with van der Waals surface area (Å²) in [6.07, 6.45) is 14.5. The second kappa shape index (κ2) is 10.4. The first kappa shape index (κ1) is 25.9. The molecular formula is C26H39ClN2O4S. The number of hydrogen-bond acceptors (Lipinski definition) is 4. The largest absolute Gasteiger partial charge is 0.387 e. The van der Waals surface area contributed by atoms with Crippen LogP contribution in [-0.4, -0.2) is 49.6 Å². The molecule has 2 heterocycles. The van der Waals surface area contributed by atoms with Crippen LogP contribution < -0.4 is 5.56 Å². The summed E-state index contributed by atoms with van der Waals surface area (Å²) in [7, 11) is -1.34. The summed E-state index contributed by atoms with van der Waals surface area (Å²) in [6.45, 7) is 3.25. The first-order valence-corrected chi connectivity index (χ1v) is 14.8. The van der Waals surface area contributed by atoms with Gasteiger partial charge in [0.15, 0.2) is 0 Å². The van der Waals surface area contributed by atoms with E-state index in [9.17, 15) is 18.9 Å². The predicted octanol–water partition coefficient (Wildman–Crippen LogP) is 4.37. The highest BCUT2D eigenvalue weighted by molar-refractivity contribution is 7.84. The van der Waals surface area contributed by atoms with E-state index in [-0.39, 0.29) is 29.0 Å². The van der Waals surface area contributed by atoms with Gasteiger partial charge >= 0.3 is 0 Å². The quantitative estimate of drug-likeness (QED) is 0.616. The molecule has 6 nitrogen and oxygen atoms in total. The minimum atomic E-state index is -1.34. The van der Waals surface area contributed by atoms with Gasteiger partial charge in [0.2, 0.25) is 5.91 Å². The molecular weight excluding hydrogens is 472 g/mol. The molecule has 1 aromatic heterocycles. The van der Waals surface area contributed by atoms with Crippen LogP contribution in [-0.2, 0) is 22.1 Å². The average molecular weight is 511 g/mol. The minimum absolute atomic E-state index is 0.00808. The van der Waals surface area contributed by atoms with E-state index < -0.39 is 21.8 Å². The maximum atomic E-state index is 13.4. The summed E-state index contributed by atoms with van der Waals surface area (Å²) in [5, 5.41) is 12.2. The van der Waals surface area contributed by atoms with Gasteiger partial charge in [-0.05, 0) is 31.6 Å². The highest BCUT2D eigenvalue weighted by Gasteiger charge is 2.55. The second-order valence-corrected chi connectivity index (χ2v) is 12.8. The summed E-state index contributed by atoms with van der Waals surface area (Å²) in [6, 6.07) is 1.29. The lowest BCUT2D eigenvalue weighted by molar-refractivity contribution is -0.163. The Labute approximate surface area is 210 Å². The first-order chi connectivity index (χ1) is 16.1. The van der Waals surface area contributed by atoms with Gasteiger partial charge in [-0.25, -0.2) is 0 Å². The Hall–Kier alpha value is -1.18. The number of carbonyl (C=O) groups excluding carboxylic acids is 1. The monoisotopic (exact) mass is 510 g/mol. The molecule has 34 heavy (non-hydrogen) atoms. The molecule has 8 heteroatoms. The van der Waals surface area contributed by atoms with Crippen LogP contribution in [0.15, 0.2) is 22.0 Å². The van der Waals surface area contributed by atoms with Crippen LogP contribution in [0.1, 0.15) is 77.6 Å². The molecule has 3 aliphatic rings. The number of piperidine rings is 1. The van der Waals surface area contributed by atoms with Crippen molar-refractivity contribution in [3.8, 4) is 0 Å². The average Bonchev–Trinajstić information content (AvgIpc) is 3.27. The Morgan fingerprint density at radius 3 is 2.53 bits per heavy atom. The number of likely N-dealkylation sites (tertiary alicyclic amines) is 1. The molecule has 1 aliphatic heterocycles. The fourth-order valence-electron chi connectivity index (χ4n) is 6.77. The topological polar surface area (TPSA) is 79.6 Å². The fourth-order valence-corrected chi connectivity index (χ4v) is 7.85. The van der Waals surface area contributed by atoms with Crippen LogP contribution in [0.3, 0.4) is 0 Å². The molecule has 3 fully saturated rings. The molecule has 2 unspecified atom stereocenters. The molecule has 2 saturated carbocycles. The molecule has 1 aromatic rings. The number of nitrogens with zero attached hydrogens (tertiary/aromatic N) is 2. The molecule has 0 radical (unpaired) electrons. The Kier molecular flexibility index (Phi) is 7.95. The van der Waals surface area contributed by atoms with Gasteiger partial charge in [0.05, 0.1) is 32.9 Å². The van der Waals surface area contributed by atoms with E-state index in [1.807, 2.05) is 4.90 Å². The molecule has 1 spiro atoms. The van der Waals surface area contributed by atoms with Crippen molar-refractivity contribution in [3.63, 3.8) is 0 Å². The van der Waals surface area contributed by atoms with Gasteiger partial charge in [-0.3, -0.25) is 13.8 Å². The van der Waals surface area contributed by atoms with Gasteiger partial charge in [-0.1, -0.05) is 63.5 Å². The summed E-state index contributed by atoms with van der Waals surface area (Å²) in [4.78, 5) is 28.5. The van der Waals surface area contributed by atoms with E-state index in [1.54, 1.807) is 0 Å². The van der Waals surface area contributed by atoms with E-state index in [4.69, 9.17) is 11.6 Å².